The number of nitrogens with one attached hydrogen (secondary N) is 2. The minimum Gasteiger partial charge on any atom is -0.480 e. The summed E-state index contributed by atoms with van der Waals surface area (Å²) in [7, 11) is -3.55. The molecule has 0 spiro atoms. The van der Waals surface area contributed by atoms with Gasteiger partial charge in [-0.15, -0.1) is 0 Å². The minimum absolute atomic E-state index is 0.493. The van der Waals surface area contributed by atoms with E-state index in [0.29, 0.717) is 5.56 Å². The van der Waals surface area contributed by atoms with Crippen molar-refractivity contribution in [3.63, 3.8) is 0 Å². The summed E-state index contributed by atoms with van der Waals surface area (Å²) >= 11 is 0. The number of hydrogen-bond donors (Lipinski definition) is 3. The van der Waals surface area contributed by atoms with Crippen LogP contribution in [0.25, 0.3) is 0 Å². The number of carbonyl (C=O) groups is 2. The molecular weight excluding hydrogens is 466 g/mol. The quantitative estimate of drug-likeness (QED) is 0.241. The van der Waals surface area contributed by atoms with Gasteiger partial charge in [0.05, 0.1) is 12.0 Å². The highest BCUT2D eigenvalue weighted by molar-refractivity contribution is 7.89. The van der Waals surface area contributed by atoms with Crippen molar-refractivity contribution in [1.82, 2.24) is 10.0 Å². The zero-order valence-corrected chi connectivity index (χ0v) is 20.0. The lowest BCUT2D eigenvalue weighted by atomic mass is 9.80. The lowest BCUT2D eigenvalue weighted by molar-refractivity contribution is -0.387. The Hall–Kier alpha value is -3.35. The zero-order chi connectivity index (χ0) is 25.7. The maximum Gasteiger partial charge on any atom is 0.326 e. The van der Waals surface area contributed by atoms with Crippen LogP contribution in [0, 0.1) is 10.1 Å². The molecule has 0 aromatic heterocycles. The van der Waals surface area contributed by atoms with Crippen molar-refractivity contribution in [3.8, 4) is 0 Å². The number of carboxylic acids is 1. The fraction of sp³-hybridized carbons (Fsp3) is 0.364. The summed E-state index contributed by atoms with van der Waals surface area (Å²) in [5.74, 6) is -3.20. The van der Waals surface area contributed by atoms with E-state index in [0.717, 1.165) is 12.1 Å². The monoisotopic (exact) mass is 493 g/mol. The van der Waals surface area contributed by atoms with Gasteiger partial charge >= 0.3 is 11.9 Å². The topological polar surface area (TPSA) is 165 Å². The highest BCUT2D eigenvalue weighted by Gasteiger charge is 2.50. The average Bonchev–Trinajstić information content (AvgIpc) is 2.81. The normalized spacial score (nSPS) is 14.6. The third-order valence-corrected chi connectivity index (χ3v) is 7.15. The Kier molecular flexibility index (Phi) is 8.14. The second-order valence-electron chi connectivity index (χ2n) is 8.21. The number of rotatable bonds is 11. The van der Waals surface area contributed by atoms with Crippen LogP contribution in [0.1, 0.15) is 32.3 Å². The number of aliphatic carboxylic acids is 1. The van der Waals surface area contributed by atoms with Crippen LogP contribution in [0.4, 0.5) is 5.69 Å². The van der Waals surface area contributed by atoms with Crippen LogP contribution >= 0.6 is 0 Å². The van der Waals surface area contributed by atoms with Gasteiger partial charge in [-0.2, -0.15) is 4.72 Å². The van der Waals surface area contributed by atoms with E-state index >= 15 is 0 Å². The zero-order valence-electron chi connectivity index (χ0n) is 19.1. The van der Waals surface area contributed by atoms with Crippen molar-refractivity contribution in [2.24, 2.45) is 0 Å². The molecule has 2 aromatic carbocycles. The van der Waals surface area contributed by atoms with E-state index in [2.05, 4.69) is 10.0 Å². The number of esters is 1. The van der Waals surface area contributed by atoms with Gasteiger partial charge in [-0.3, -0.25) is 25.0 Å². The number of carboxylic acid groups (broad SMARTS) is 1. The van der Waals surface area contributed by atoms with E-state index in [1.165, 1.54) is 40.0 Å². The molecule has 2 rings (SSSR count). The van der Waals surface area contributed by atoms with Crippen LogP contribution in [0.15, 0.2) is 59.5 Å². The van der Waals surface area contributed by atoms with Crippen molar-refractivity contribution in [2.75, 3.05) is 13.7 Å². The largest absolute Gasteiger partial charge is 0.480 e. The van der Waals surface area contributed by atoms with Crippen molar-refractivity contribution in [1.29, 1.82) is 0 Å². The van der Waals surface area contributed by atoms with Crippen molar-refractivity contribution in [3.05, 3.63) is 70.3 Å². The summed E-state index contributed by atoms with van der Waals surface area (Å²) in [6.07, 6.45) is 0. The number of methoxy groups -OCH3 is 1. The number of para-hydroxylation sites is 1. The fourth-order valence-electron chi connectivity index (χ4n) is 3.43. The van der Waals surface area contributed by atoms with Crippen molar-refractivity contribution >= 4 is 27.6 Å². The van der Waals surface area contributed by atoms with Gasteiger partial charge < -0.3 is 9.84 Å². The summed E-state index contributed by atoms with van der Waals surface area (Å²) in [5, 5.41) is 24.5. The number of nitro groups is 1. The Balaban J connectivity index is 2.65. The molecule has 0 heterocycles. The first kappa shape index (κ1) is 26.9. The molecule has 0 fully saturated rings. The summed E-state index contributed by atoms with van der Waals surface area (Å²) in [6.45, 7) is 3.88. The Labute approximate surface area is 197 Å². The third-order valence-electron chi connectivity index (χ3n) is 5.59. The predicted molar refractivity (Wildman–Crippen MR) is 123 cm³/mol. The standard InChI is InChI=1S/C22H27N3O8S/c1-15(16-10-6-5-7-11-16)22(19(26)27,14-23-21(2,3)20(28)33-4)24-34(31,32)18-13-9-8-12-17(18)25(29)30/h5-13,15,23-24H,14H2,1-4H3,(H,26,27). The molecule has 3 N–H and O–H groups in total. The van der Waals surface area contributed by atoms with E-state index in [1.54, 1.807) is 30.3 Å². The fourth-order valence-corrected chi connectivity index (χ4v) is 5.03. The van der Waals surface area contributed by atoms with Crippen molar-refractivity contribution in [2.45, 2.75) is 42.7 Å². The molecule has 12 heteroatoms. The van der Waals surface area contributed by atoms with Gasteiger partial charge in [-0.05, 0) is 25.5 Å². The van der Waals surface area contributed by atoms with Crippen LogP contribution in [-0.2, 0) is 24.3 Å². The summed E-state index contributed by atoms with van der Waals surface area (Å²) in [6, 6.07) is 12.9. The summed E-state index contributed by atoms with van der Waals surface area (Å²) in [5.41, 5.74) is -3.82. The van der Waals surface area contributed by atoms with Crippen LogP contribution < -0.4 is 10.0 Å². The molecule has 0 saturated heterocycles. The molecule has 11 nitrogen and oxygen atoms in total. The smallest absolute Gasteiger partial charge is 0.326 e. The molecule has 34 heavy (non-hydrogen) atoms. The lowest BCUT2D eigenvalue weighted by Crippen LogP contribution is -2.65. The highest BCUT2D eigenvalue weighted by Crippen LogP contribution is 2.32. The molecule has 0 aliphatic rings. The van der Waals surface area contributed by atoms with E-state index in [9.17, 15) is 33.2 Å². The van der Waals surface area contributed by atoms with Gasteiger partial charge in [-0.25, -0.2) is 8.42 Å². The number of sulfonamides is 1. The summed E-state index contributed by atoms with van der Waals surface area (Å²) < 4.78 is 33.6. The molecule has 2 unspecified atom stereocenters. The maximum atomic E-state index is 13.3. The lowest BCUT2D eigenvalue weighted by Gasteiger charge is -2.38. The molecule has 184 valence electrons. The van der Waals surface area contributed by atoms with Crippen LogP contribution in [0.3, 0.4) is 0 Å². The molecule has 0 radical (unpaired) electrons. The minimum atomic E-state index is -4.71. The SMILES string of the molecule is COC(=O)C(C)(C)NCC(NS(=O)(=O)c1ccccc1[N+](=O)[O-])(C(=O)O)C(C)c1ccccc1. The number of benzene rings is 2. The number of nitro benzene ring substituents is 1. The second kappa shape index (κ2) is 10.3. The van der Waals surface area contributed by atoms with Gasteiger partial charge in [0.15, 0.2) is 4.90 Å². The molecule has 0 aliphatic heterocycles. The maximum absolute atomic E-state index is 13.3. The van der Waals surface area contributed by atoms with Gasteiger partial charge in [0.1, 0.15) is 11.1 Å². The first-order valence-corrected chi connectivity index (χ1v) is 11.7. The van der Waals surface area contributed by atoms with Crippen LogP contribution in [0.2, 0.25) is 0 Å². The molecule has 0 amide bonds. The predicted octanol–water partition coefficient (Wildman–Crippen LogP) is 2.04. The Morgan fingerprint density at radius 1 is 1.12 bits per heavy atom. The van der Waals surface area contributed by atoms with E-state index in [4.69, 9.17) is 4.74 Å². The third kappa shape index (κ3) is 5.58. The van der Waals surface area contributed by atoms with Crippen LogP contribution in [-0.4, -0.2) is 55.1 Å². The molecule has 2 atom stereocenters. The molecular formula is C22H27N3O8S. The average molecular weight is 494 g/mol. The molecule has 0 bridgehead atoms. The first-order chi connectivity index (χ1) is 15.8. The number of ether oxygens (including phenoxy) is 1. The number of carbonyl (C=O) groups excluding carboxylic acids is 1. The Bertz CT molecular complexity index is 1170. The van der Waals surface area contributed by atoms with Crippen molar-refractivity contribution < 1.29 is 32.8 Å². The number of nitrogens with zero attached hydrogens (tertiary/aromatic N) is 1. The summed E-state index contributed by atoms with van der Waals surface area (Å²) in [4.78, 5) is 34.7. The van der Waals surface area contributed by atoms with Gasteiger partial charge in [0, 0.05) is 18.5 Å². The van der Waals surface area contributed by atoms with Gasteiger partial charge in [-0.1, -0.05) is 49.4 Å². The first-order valence-electron chi connectivity index (χ1n) is 10.2. The van der Waals surface area contributed by atoms with Gasteiger partial charge in [0.2, 0.25) is 10.0 Å². The van der Waals surface area contributed by atoms with E-state index < -0.39 is 61.0 Å². The molecule has 0 aliphatic carbocycles. The van der Waals surface area contributed by atoms with Gasteiger partial charge in [0.25, 0.3) is 5.69 Å². The highest BCUT2D eigenvalue weighted by atomic mass is 32.2. The van der Waals surface area contributed by atoms with E-state index in [-0.39, 0.29) is 0 Å². The van der Waals surface area contributed by atoms with E-state index in [1.807, 2.05) is 0 Å². The Morgan fingerprint density at radius 3 is 2.21 bits per heavy atom. The Morgan fingerprint density at radius 2 is 1.68 bits per heavy atom. The molecule has 0 saturated carbocycles. The number of hydrogen-bond acceptors (Lipinski definition) is 8. The second-order valence-corrected chi connectivity index (χ2v) is 9.86. The van der Waals surface area contributed by atoms with Crippen LogP contribution in [0.5, 0.6) is 0 Å². The molecule has 2 aromatic rings.